The van der Waals surface area contributed by atoms with Crippen molar-refractivity contribution in [2.24, 2.45) is 0 Å². The lowest BCUT2D eigenvalue weighted by atomic mass is 10.3. The smallest absolute Gasteiger partial charge is 0.213 e. The van der Waals surface area contributed by atoms with Crippen molar-refractivity contribution in [2.75, 3.05) is 13.1 Å². The van der Waals surface area contributed by atoms with Crippen LogP contribution in [0, 0.1) is 11.3 Å². The monoisotopic (exact) mass is 180 g/mol. The first-order chi connectivity index (χ1) is 6.43. The summed E-state index contributed by atoms with van der Waals surface area (Å²) in [5, 5.41) is 15.1. The van der Waals surface area contributed by atoms with Crippen molar-refractivity contribution in [1.82, 2.24) is 15.5 Å². The molecule has 1 aromatic heterocycles. The van der Waals surface area contributed by atoms with Gasteiger partial charge in [-0.15, -0.1) is 0 Å². The Morgan fingerprint density at radius 3 is 3.15 bits per heavy atom. The fraction of sp³-hybridized carbons (Fsp3) is 0.625. The molecule has 0 saturated heterocycles. The molecule has 0 radical (unpaired) electrons. The highest BCUT2D eigenvalue weighted by atomic mass is 16.5. The van der Waals surface area contributed by atoms with Crippen LogP contribution < -0.4 is 5.32 Å². The Balaban J connectivity index is 1.94. The molecule has 0 bridgehead atoms. The number of hydrogen-bond acceptors (Lipinski definition) is 5. The highest BCUT2D eigenvalue weighted by molar-refractivity contribution is 4.78. The molecule has 0 fully saturated rings. The molecule has 1 rings (SSSR count). The number of nitrogens with zero attached hydrogens (tertiary/aromatic N) is 3. The van der Waals surface area contributed by atoms with Gasteiger partial charge in [0.1, 0.15) is 0 Å². The van der Waals surface area contributed by atoms with Gasteiger partial charge >= 0.3 is 0 Å². The van der Waals surface area contributed by atoms with E-state index in [4.69, 9.17) is 5.26 Å². The number of aromatic nitrogens is 2. The van der Waals surface area contributed by atoms with Crippen LogP contribution in [0.25, 0.3) is 0 Å². The number of nitriles is 1. The van der Waals surface area contributed by atoms with E-state index in [9.17, 15) is 0 Å². The molecule has 1 N–H and O–H groups in total. The maximum absolute atomic E-state index is 8.26. The van der Waals surface area contributed by atoms with E-state index in [1.807, 2.05) is 0 Å². The van der Waals surface area contributed by atoms with Crippen LogP contribution in [0.5, 0.6) is 0 Å². The molecule has 0 aromatic carbocycles. The molecule has 0 saturated carbocycles. The normalized spacial score (nSPS) is 9.77. The van der Waals surface area contributed by atoms with Gasteiger partial charge in [-0.1, -0.05) is 5.16 Å². The fourth-order valence-electron chi connectivity index (χ4n) is 0.920. The van der Waals surface area contributed by atoms with Crippen molar-refractivity contribution in [3.05, 3.63) is 12.2 Å². The Morgan fingerprint density at radius 2 is 2.46 bits per heavy atom. The molecule has 70 valence electrons. The Bertz CT molecular complexity index is 252. The van der Waals surface area contributed by atoms with E-state index < -0.39 is 0 Å². The Labute approximate surface area is 76.7 Å². The van der Waals surface area contributed by atoms with Crippen molar-refractivity contribution >= 4 is 0 Å². The van der Waals surface area contributed by atoms with Crippen LogP contribution in [0.2, 0.25) is 0 Å². The van der Waals surface area contributed by atoms with Crippen LogP contribution in [0.3, 0.4) is 0 Å². The summed E-state index contributed by atoms with van der Waals surface area (Å²) in [4.78, 5) is 3.88. The maximum atomic E-state index is 8.26. The summed E-state index contributed by atoms with van der Waals surface area (Å²) >= 11 is 0. The first-order valence-corrected chi connectivity index (χ1v) is 4.26. The number of nitrogens with one attached hydrogen (secondary N) is 1. The van der Waals surface area contributed by atoms with Gasteiger partial charge in [-0.05, 0) is 13.0 Å². The molecule has 0 spiro atoms. The predicted octanol–water partition coefficient (Wildman–Crippen LogP) is 0.505. The van der Waals surface area contributed by atoms with Crippen LogP contribution in [0.15, 0.2) is 10.9 Å². The van der Waals surface area contributed by atoms with E-state index in [0.29, 0.717) is 12.2 Å². The average Bonchev–Trinajstić information content (AvgIpc) is 2.63. The Hall–Kier alpha value is -1.41. The van der Waals surface area contributed by atoms with Gasteiger partial charge in [-0.3, -0.25) is 0 Å². The van der Waals surface area contributed by atoms with Crippen molar-refractivity contribution in [2.45, 2.75) is 19.3 Å². The lowest BCUT2D eigenvalue weighted by Gasteiger charge is -1.98. The third-order valence-electron chi connectivity index (χ3n) is 1.57. The zero-order chi connectivity index (χ0) is 9.36. The van der Waals surface area contributed by atoms with Crippen molar-refractivity contribution in [3.8, 4) is 6.07 Å². The van der Waals surface area contributed by atoms with E-state index in [1.165, 1.54) is 6.39 Å². The molecular weight excluding hydrogens is 168 g/mol. The quantitative estimate of drug-likeness (QED) is 0.645. The molecule has 0 amide bonds. The number of hydrogen-bond donors (Lipinski definition) is 1. The van der Waals surface area contributed by atoms with E-state index in [-0.39, 0.29) is 0 Å². The number of rotatable bonds is 6. The summed E-state index contributed by atoms with van der Waals surface area (Å²) in [7, 11) is 0. The van der Waals surface area contributed by atoms with Crippen LogP contribution in [0.1, 0.15) is 18.7 Å². The Kier molecular flexibility index (Phi) is 4.57. The van der Waals surface area contributed by atoms with E-state index in [0.717, 1.165) is 25.9 Å². The minimum atomic E-state index is 0.606. The molecule has 0 unspecified atom stereocenters. The topological polar surface area (TPSA) is 74.7 Å². The standard InChI is InChI=1S/C8H12N4O/c9-4-1-2-5-10-6-3-8-11-7-13-12-8/h7,10H,1-3,5-6H2. The second kappa shape index (κ2) is 6.14. The lowest BCUT2D eigenvalue weighted by molar-refractivity contribution is 0.409. The zero-order valence-corrected chi connectivity index (χ0v) is 7.36. The van der Waals surface area contributed by atoms with Gasteiger partial charge in [-0.25, -0.2) is 0 Å². The van der Waals surface area contributed by atoms with Gasteiger partial charge in [0, 0.05) is 19.4 Å². The van der Waals surface area contributed by atoms with Crippen LogP contribution in [-0.4, -0.2) is 23.2 Å². The van der Waals surface area contributed by atoms with Gasteiger partial charge < -0.3 is 9.84 Å². The van der Waals surface area contributed by atoms with Crippen molar-refractivity contribution < 1.29 is 4.52 Å². The van der Waals surface area contributed by atoms with E-state index in [2.05, 4.69) is 26.0 Å². The average molecular weight is 180 g/mol. The SMILES string of the molecule is N#CCCCNCCc1ncon1. The highest BCUT2D eigenvalue weighted by Crippen LogP contribution is 1.88. The van der Waals surface area contributed by atoms with E-state index in [1.54, 1.807) is 0 Å². The molecule has 0 aliphatic heterocycles. The van der Waals surface area contributed by atoms with E-state index >= 15 is 0 Å². The van der Waals surface area contributed by atoms with Gasteiger partial charge in [0.2, 0.25) is 6.39 Å². The van der Waals surface area contributed by atoms with Gasteiger partial charge in [0.05, 0.1) is 6.07 Å². The third kappa shape index (κ3) is 4.23. The van der Waals surface area contributed by atoms with Crippen LogP contribution in [-0.2, 0) is 6.42 Å². The highest BCUT2D eigenvalue weighted by Gasteiger charge is 1.96. The van der Waals surface area contributed by atoms with Crippen LogP contribution in [0.4, 0.5) is 0 Å². The number of unbranched alkanes of at least 4 members (excludes halogenated alkanes) is 1. The Morgan fingerprint density at radius 1 is 1.54 bits per heavy atom. The summed E-state index contributed by atoms with van der Waals surface area (Å²) < 4.78 is 4.58. The summed E-state index contributed by atoms with van der Waals surface area (Å²) in [6.07, 6.45) is 3.59. The van der Waals surface area contributed by atoms with Gasteiger partial charge in [0.15, 0.2) is 5.82 Å². The van der Waals surface area contributed by atoms with Crippen molar-refractivity contribution in [1.29, 1.82) is 5.26 Å². The zero-order valence-electron chi connectivity index (χ0n) is 7.36. The fourth-order valence-corrected chi connectivity index (χ4v) is 0.920. The van der Waals surface area contributed by atoms with Crippen LogP contribution >= 0.6 is 0 Å². The predicted molar refractivity (Wildman–Crippen MR) is 45.7 cm³/mol. The second-order valence-electron chi connectivity index (χ2n) is 2.61. The second-order valence-corrected chi connectivity index (χ2v) is 2.61. The molecule has 5 nitrogen and oxygen atoms in total. The summed E-state index contributed by atoms with van der Waals surface area (Å²) in [6, 6.07) is 2.09. The molecule has 1 aromatic rings. The minimum absolute atomic E-state index is 0.606. The maximum Gasteiger partial charge on any atom is 0.213 e. The third-order valence-corrected chi connectivity index (χ3v) is 1.57. The summed E-state index contributed by atoms with van der Waals surface area (Å²) in [6.45, 7) is 1.69. The summed E-state index contributed by atoms with van der Waals surface area (Å²) in [5.74, 6) is 0.716. The lowest BCUT2D eigenvalue weighted by Crippen LogP contribution is -2.18. The molecule has 0 aliphatic rings. The molecule has 0 aliphatic carbocycles. The first-order valence-electron chi connectivity index (χ1n) is 4.26. The van der Waals surface area contributed by atoms with Gasteiger partial charge in [0.25, 0.3) is 0 Å². The minimum Gasteiger partial charge on any atom is -0.343 e. The molecule has 5 heteroatoms. The van der Waals surface area contributed by atoms with Crippen molar-refractivity contribution in [3.63, 3.8) is 0 Å². The molecule has 1 heterocycles. The molecule has 13 heavy (non-hydrogen) atoms. The molecular formula is C8H12N4O. The largest absolute Gasteiger partial charge is 0.343 e. The summed E-state index contributed by atoms with van der Waals surface area (Å²) in [5.41, 5.74) is 0. The molecule has 0 atom stereocenters. The first kappa shape index (κ1) is 9.68. The van der Waals surface area contributed by atoms with Gasteiger partial charge in [-0.2, -0.15) is 10.2 Å².